The van der Waals surface area contributed by atoms with Crippen LogP contribution >= 0.6 is 24.0 Å². The third-order valence-electron chi connectivity index (χ3n) is 4.42. The molecule has 2 N–H and O–H groups in total. The van der Waals surface area contributed by atoms with Gasteiger partial charge in [-0.2, -0.15) is 0 Å². The number of thioether (sulfide) groups is 1. The van der Waals surface area contributed by atoms with Gasteiger partial charge in [-0.05, 0) is 42.0 Å². The number of benzene rings is 2. The van der Waals surface area contributed by atoms with E-state index in [9.17, 15) is 13.2 Å². The van der Waals surface area contributed by atoms with E-state index in [1.54, 1.807) is 35.2 Å². The molecule has 30 heavy (non-hydrogen) atoms. The molecule has 0 aliphatic carbocycles. The van der Waals surface area contributed by atoms with Crippen molar-refractivity contribution in [3.63, 3.8) is 0 Å². The molecule has 1 saturated heterocycles. The third-order valence-corrected chi connectivity index (χ3v) is 6.73. The van der Waals surface area contributed by atoms with Crippen LogP contribution in [0.25, 0.3) is 17.4 Å². The van der Waals surface area contributed by atoms with Crippen molar-refractivity contribution >= 4 is 50.3 Å². The first-order chi connectivity index (χ1) is 14.3. The van der Waals surface area contributed by atoms with Crippen molar-refractivity contribution in [1.82, 2.24) is 4.90 Å². The van der Waals surface area contributed by atoms with Gasteiger partial charge in [0.15, 0.2) is 0 Å². The van der Waals surface area contributed by atoms with Crippen LogP contribution in [0, 0.1) is 0 Å². The molecule has 0 atom stereocenters. The van der Waals surface area contributed by atoms with Gasteiger partial charge in [-0.25, -0.2) is 13.6 Å². The monoisotopic (exact) mass is 456 g/mol. The van der Waals surface area contributed by atoms with Crippen LogP contribution in [-0.4, -0.2) is 23.5 Å². The van der Waals surface area contributed by atoms with E-state index in [1.165, 1.54) is 23.9 Å². The predicted molar refractivity (Wildman–Crippen MR) is 121 cm³/mol. The topological polar surface area (TPSA) is 93.6 Å². The second-order valence-electron chi connectivity index (χ2n) is 6.52. The van der Waals surface area contributed by atoms with Gasteiger partial charge in [0.05, 0.1) is 16.3 Å². The van der Waals surface area contributed by atoms with Crippen LogP contribution in [0.4, 0.5) is 0 Å². The van der Waals surface area contributed by atoms with Gasteiger partial charge in [-0.1, -0.05) is 54.3 Å². The highest BCUT2D eigenvalue weighted by Gasteiger charge is 2.32. The lowest BCUT2D eigenvalue weighted by molar-refractivity contribution is -0.122. The summed E-state index contributed by atoms with van der Waals surface area (Å²) in [4.78, 5) is 14.9. The van der Waals surface area contributed by atoms with E-state index >= 15 is 0 Å². The molecule has 0 spiro atoms. The largest absolute Gasteiger partial charge is 0.457 e. The predicted octanol–water partition coefficient (Wildman–Crippen LogP) is 4.00. The van der Waals surface area contributed by atoms with Gasteiger partial charge in [0.1, 0.15) is 15.8 Å². The first kappa shape index (κ1) is 20.5. The maximum atomic E-state index is 12.8. The lowest BCUT2D eigenvalue weighted by atomic mass is 10.2. The highest BCUT2D eigenvalue weighted by molar-refractivity contribution is 8.26. The molecule has 2 aromatic carbocycles. The van der Waals surface area contributed by atoms with E-state index in [2.05, 4.69) is 0 Å². The fourth-order valence-electron chi connectivity index (χ4n) is 2.93. The molecule has 9 heteroatoms. The second-order valence-corrected chi connectivity index (χ2v) is 9.76. The highest BCUT2D eigenvalue weighted by Crippen LogP contribution is 2.34. The summed E-state index contributed by atoms with van der Waals surface area (Å²) in [7, 11) is -3.75. The number of primary sulfonamides is 1. The van der Waals surface area contributed by atoms with Gasteiger partial charge in [0, 0.05) is 11.6 Å². The standard InChI is InChI=1S/C21H16N2O4S3/c22-30(25,26)17-9-6-15(7-10-17)18-11-8-16(27-18)12-19-20(24)23(21(28)29-19)13-14-4-2-1-3-5-14/h1-12H,13H2,(H2,22,25,26)/b19-12+. The molecule has 0 bridgehead atoms. The Balaban J connectivity index is 1.53. The zero-order valence-electron chi connectivity index (χ0n) is 15.5. The van der Waals surface area contributed by atoms with E-state index < -0.39 is 10.0 Å². The minimum Gasteiger partial charge on any atom is -0.457 e. The average molecular weight is 457 g/mol. The summed E-state index contributed by atoms with van der Waals surface area (Å²) < 4.78 is 29.1. The Labute approximate surface area is 183 Å². The van der Waals surface area contributed by atoms with Crippen molar-refractivity contribution in [1.29, 1.82) is 0 Å². The number of rotatable bonds is 5. The molecule has 152 valence electrons. The first-order valence-electron chi connectivity index (χ1n) is 8.83. The maximum Gasteiger partial charge on any atom is 0.266 e. The van der Waals surface area contributed by atoms with E-state index in [1.807, 2.05) is 30.3 Å². The van der Waals surface area contributed by atoms with E-state index in [-0.39, 0.29) is 10.8 Å². The molecule has 0 unspecified atom stereocenters. The average Bonchev–Trinajstić information content (AvgIpc) is 3.29. The van der Waals surface area contributed by atoms with Gasteiger partial charge in [-0.15, -0.1) is 0 Å². The number of thiocarbonyl (C=S) groups is 1. The van der Waals surface area contributed by atoms with Gasteiger partial charge >= 0.3 is 0 Å². The lowest BCUT2D eigenvalue weighted by Crippen LogP contribution is -2.27. The quantitative estimate of drug-likeness (QED) is 0.461. The van der Waals surface area contributed by atoms with Crippen LogP contribution < -0.4 is 5.14 Å². The Kier molecular flexibility index (Phi) is 5.61. The Bertz CT molecular complexity index is 1250. The lowest BCUT2D eigenvalue weighted by Gasteiger charge is -2.14. The van der Waals surface area contributed by atoms with Crippen LogP contribution in [0.15, 0.2) is 80.9 Å². The van der Waals surface area contributed by atoms with Crippen LogP contribution in [0.3, 0.4) is 0 Å². The van der Waals surface area contributed by atoms with E-state index in [0.717, 1.165) is 5.56 Å². The molecule has 0 saturated carbocycles. The van der Waals surface area contributed by atoms with Crippen LogP contribution in [0.1, 0.15) is 11.3 Å². The smallest absolute Gasteiger partial charge is 0.266 e. The number of nitrogens with two attached hydrogens (primary N) is 1. The molecule has 1 amide bonds. The number of carbonyl (C=O) groups is 1. The number of hydrogen-bond acceptors (Lipinski definition) is 6. The van der Waals surface area contributed by atoms with Gasteiger partial charge in [-0.3, -0.25) is 9.69 Å². The molecule has 1 aliphatic rings. The van der Waals surface area contributed by atoms with Crippen molar-refractivity contribution in [2.75, 3.05) is 0 Å². The molecule has 2 heterocycles. The Morgan fingerprint density at radius 2 is 1.73 bits per heavy atom. The van der Waals surface area contributed by atoms with Gasteiger partial charge < -0.3 is 4.42 Å². The number of amides is 1. The van der Waals surface area contributed by atoms with Crippen molar-refractivity contribution in [3.8, 4) is 11.3 Å². The van der Waals surface area contributed by atoms with E-state index in [0.29, 0.717) is 32.9 Å². The third kappa shape index (κ3) is 4.39. The summed E-state index contributed by atoms with van der Waals surface area (Å²) in [6, 6.07) is 19.2. The van der Waals surface area contributed by atoms with E-state index in [4.69, 9.17) is 21.8 Å². The van der Waals surface area contributed by atoms with Crippen LogP contribution in [0.5, 0.6) is 0 Å². The normalized spacial score (nSPS) is 15.9. The maximum absolute atomic E-state index is 12.8. The molecular formula is C21H16N2O4S3. The minimum absolute atomic E-state index is 0.0279. The SMILES string of the molecule is NS(=O)(=O)c1ccc(-c2ccc(/C=C3/SC(=S)N(Cc4ccccc4)C3=O)o2)cc1. The zero-order chi connectivity index (χ0) is 21.3. The first-order valence-corrected chi connectivity index (χ1v) is 11.6. The fourth-order valence-corrected chi connectivity index (χ4v) is 4.68. The Morgan fingerprint density at radius 3 is 2.40 bits per heavy atom. The molecule has 3 aromatic rings. The molecular weight excluding hydrogens is 440 g/mol. The van der Waals surface area contributed by atoms with Crippen molar-refractivity contribution in [3.05, 3.63) is 83.0 Å². The summed E-state index contributed by atoms with van der Waals surface area (Å²) in [5.74, 6) is 0.882. The molecule has 6 nitrogen and oxygen atoms in total. The fraction of sp³-hybridized carbons (Fsp3) is 0.0476. The zero-order valence-corrected chi connectivity index (χ0v) is 18.0. The molecule has 1 aromatic heterocycles. The number of carbonyl (C=O) groups excluding carboxylic acids is 1. The minimum atomic E-state index is -3.75. The summed E-state index contributed by atoms with van der Waals surface area (Å²) >= 11 is 6.61. The Morgan fingerprint density at radius 1 is 1.03 bits per heavy atom. The number of hydrogen-bond donors (Lipinski definition) is 1. The van der Waals surface area contributed by atoms with Gasteiger partial charge in [0.25, 0.3) is 5.91 Å². The van der Waals surface area contributed by atoms with Gasteiger partial charge in [0.2, 0.25) is 10.0 Å². The molecule has 1 aliphatic heterocycles. The Hall–Kier alpha value is -2.72. The number of sulfonamides is 1. The second kappa shape index (κ2) is 8.19. The summed E-state index contributed by atoms with van der Waals surface area (Å²) in [6.45, 7) is 0.419. The summed E-state index contributed by atoms with van der Waals surface area (Å²) in [5.41, 5.74) is 1.69. The number of nitrogens with zero attached hydrogens (tertiary/aromatic N) is 1. The molecule has 1 fully saturated rings. The van der Waals surface area contributed by atoms with Crippen LogP contribution in [0.2, 0.25) is 0 Å². The summed E-state index contributed by atoms with van der Waals surface area (Å²) in [5, 5.41) is 5.12. The highest BCUT2D eigenvalue weighted by atomic mass is 32.2. The van der Waals surface area contributed by atoms with Crippen LogP contribution in [-0.2, 0) is 21.4 Å². The molecule has 0 radical (unpaired) electrons. The van der Waals surface area contributed by atoms with Crippen molar-refractivity contribution in [2.24, 2.45) is 5.14 Å². The number of furan rings is 1. The van der Waals surface area contributed by atoms with Crippen molar-refractivity contribution in [2.45, 2.75) is 11.4 Å². The molecule has 4 rings (SSSR count). The summed E-state index contributed by atoms with van der Waals surface area (Å²) in [6.07, 6.45) is 1.66. The van der Waals surface area contributed by atoms with Crippen molar-refractivity contribution < 1.29 is 17.6 Å².